The van der Waals surface area contributed by atoms with Gasteiger partial charge >= 0.3 is 12.1 Å². The molecule has 0 bridgehead atoms. The minimum absolute atomic E-state index is 0.0930. The number of aromatic nitrogens is 1. The molecule has 0 fully saturated rings. The molecule has 8 nitrogen and oxygen atoms in total. The highest BCUT2D eigenvalue weighted by Gasteiger charge is 2.37. The van der Waals surface area contributed by atoms with Crippen LogP contribution in [0.25, 0.3) is 10.9 Å². The Kier molecular flexibility index (Phi) is 6.89. The molecule has 37 heavy (non-hydrogen) atoms. The zero-order valence-electron chi connectivity index (χ0n) is 20.4. The number of esters is 1. The van der Waals surface area contributed by atoms with Crippen LogP contribution in [0.3, 0.4) is 0 Å². The number of ether oxygens (including phenoxy) is 2. The first kappa shape index (κ1) is 24.1. The van der Waals surface area contributed by atoms with Gasteiger partial charge < -0.3 is 19.8 Å². The lowest BCUT2D eigenvalue weighted by Gasteiger charge is -2.34. The molecule has 5 rings (SSSR count). The Morgan fingerprint density at radius 2 is 1.68 bits per heavy atom. The van der Waals surface area contributed by atoms with E-state index in [9.17, 15) is 14.4 Å². The molecule has 8 heteroatoms. The molecule has 4 aromatic rings. The van der Waals surface area contributed by atoms with Crippen molar-refractivity contribution >= 4 is 34.6 Å². The first-order valence-electron chi connectivity index (χ1n) is 12.2. The molecule has 0 saturated carbocycles. The molecule has 0 radical (unpaired) electrons. The number of carbonyl (C=O) groups is 3. The maximum atomic E-state index is 13.6. The van der Waals surface area contributed by atoms with Crippen LogP contribution in [-0.2, 0) is 33.8 Å². The molecule has 1 atom stereocenters. The van der Waals surface area contributed by atoms with Gasteiger partial charge in [-0.3, -0.25) is 9.69 Å². The number of H-pyrrole nitrogens is 1. The lowest BCUT2D eigenvalue weighted by Crippen LogP contribution is -2.50. The molecule has 2 heterocycles. The number of nitrogens with zero attached hydrogens (tertiary/aromatic N) is 1. The van der Waals surface area contributed by atoms with E-state index in [2.05, 4.69) is 10.3 Å². The van der Waals surface area contributed by atoms with Crippen molar-refractivity contribution in [2.75, 3.05) is 11.9 Å². The molecule has 188 valence electrons. The van der Waals surface area contributed by atoms with E-state index in [1.54, 1.807) is 31.2 Å². The second-order valence-corrected chi connectivity index (χ2v) is 8.77. The number of para-hydroxylation sites is 2. The fraction of sp³-hybridized carbons (Fsp3) is 0.207. The zero-order valence-corrected chi connectivity index (χ0v) is 20.4. The molecule has 0 saturated heterocycles. The third kappa shape index (κ3) is 5.04. The highest BCUT2D eigenvalue weighted by atomic mass is 16.6. The van der Waals surface area contributed by atoms with Crippen LogP contribution in [-0.4, -0.2) is 40.5 Å². The normalized spacial score (nSPS) is 14.6. The van der Waals surface area contributed by atoms with E-state index in [1.807, 2.05) is 54.6 Å². The fourth-order valence-electron chi connectivity index (χ4n) is 4.63. The van der Waals surface area contributed by atoms with E-state index in [0.29, 0.717) is 12.1 Å². The molecule has 0 unspecified atom stereocenters. The summed E-state index contributed by atoms with van der Waals surface area (Å²) in [7, 11) is 0. The molecule has 2 amide bonds. The summed E-state index contributed by atoms with van der Waals surface area (Å²) in [6, 6.07) is 23.1. The third-order valence-electron chi connectivity index (χ3n) is 6.43. The lowest BCUT2D eigenvalue weighted by molar-refractivity contribution is -0.121. The first-order chi connectivity index (χ1) is 18.0. The van der Waals surface area contributed by atoms with E-state index < -0.39 is 24.0 Å². The largest absolute Gasteiger partial charge is 0.462 e. The van der Waals surface area contributed by atoms with Gasteiger partial charge in [0.2, 0.25) is 5.91 Å². The van der Waals surface area contributed by atoms with Crippen molar-refractivity contribution in [2.45, 2.75) is 32.5 Å². The van der Waals surface area contributed by atoms with E-state index in [-0.39, 0.29) is 25.3 Å². The fourth-order valence-corrected chi connectivity index (χ4v) is 4.63. The van der Waals surface area contributed by atoms with Crippen molar-refractivity contribution in [3.05, 3.63) is 101 Å². The van der Waals surface area contributed by atoms with Gasteiger partial charge in [-0.25, -0.2) is 9.59 Å². The van der Waals surface area contributed by atoms with E-state index in [4.69, 9.17) is 9.47 Å². The van der Waals surface area contributed by atoms with Crippen molar-refractivity contribution in [3.8, 4) is 0 Å². The Labute approximate surface area is 214 Å². The molecule has 1 aromatic heterocycles. The highest BCUT2D eigenvalue weighted by Crippen LogP contribution is 2.31. The van der Waals surface area contributed by atoms with Crippen LogP contribution in [0.1, 0.15) is 34.1 Å². The third-order valence-corrected chi connectivity index (χ3v) is 6.43. The Bertz CT molecular complexity index is 1450. The maximum Gasteiger partial charge on any atom is 0.411 e. The van der Waals surface area contributed by atoms with Crippen molar-refractivity contribution in [3.63, 3.8) is 0 Å². The number of rotatable bonds is 6. The summed E-state index contributed by atoms with van der Waals surface area (Å²) in [5, 5.41) is 3.86. The summed E-state index contributed by atoms with van der Waals surface area (Å²) >= 11 is 0. The predicted molar refractivity (Wildman–Crippen MR) is 139 cm³/mol. The van der Waals surface area contributed by atoms with Crippen molar-refractivity contribution in [1.29, 1.82) is 0 Å². The number of amides is 2. The molecular weight excluding hydrogens is 470 g/mol. The van der Waals surface area contributed by atoms with Gasteiger partial charge in [0.05, 0.1) is 24.4 Å². The van der Waals surface area contributed by atoms with Crippen LogP contribution in [0.4, 0.5) is 10.5 Å². The van der Waals surface area contributed by atoms with Crippen LogP contribution < -0.4 is 5.32 Å². The van der Waals surface area contributed by atoms with Crippen molar-refractivity contribution in [1.82, 2.24) is 9.88 Å². The number of benzene rings is 3. The summed E-state index contributed by atoms with van der Waals surface area (Å²) in [6.07, 6.45) is -0.292. The van der Waals surface area contributed by atoms with Gasteiger partial charge in [0, 0.05) is 23.0 Å². The van der Waals surface area contributed by atoms with Gasteiger partial charge in [0.15, 0.2) is 0 Å². The molecule has 2 N–H and O–H groups in total. The van der Waals surface area contributed by atoms with E-state index >= 15 is 0 Å². The second kappa shape index (κ2) is 10.6. The predicted octanol–water partition coefficient (Wildman–Crippen LogP) is 5.05. The number of hydrogen-bond donors (Lipinski definition) is 2. The van der Waals surface area contributed by atoms with Crippen LogP contribution >= 0.6 is 0 Å². The first-order valence-corrected chi connectivity index (χ1v) is 12.2. The molecule has 0 spiro atoms. The maximum absolute atomic E-state index is 13.6. The molecule has 3 aromatic carbocycles. The smallest absolute Gasteiger partial charge is 0.411 e. The van der Waals surface area contributed by atoms with Gasteiger partial charge in [-0.15, -0.1) is 0 Å². The minimum Gasteiger partial charge on any atom is -0.462 e. The van der Waals surface area contributed by atoms with Gasteiger partial charge in [-0.1, -0.05) is 60.7 Å². The number of anilines is 1. The SMILES string of the molecule is CCOC(=O)c1ccccc1NC(=O)[C@@H]1Cc2c([nH]c3ccccc23)CN1C(=O)OCc1ccccc1. The molecule has 1 aliphatic heterocycles. The molecular formula is C29H27N3O5. The summed E-state index contributed by atoms with van der Waals surface area (Å²) in [5.74, 6) is -0.940. The van der Waals surface area contributed by atoms with Crippen LogP contribution in [0, 0.1) is 0 Å². The second-order valence-electron chi connectivity index (χ2n) is 8.77. The minimum atomic E-state index is -0.842. The van der Waals surface area contributed by atoms with Gasteiger partial charge in [-0.05, 0) is 36.2 Å². The monoisotopic (exact) mass is 497 g/mol. The highest BCUT2D eigenvalue weighted by molar-refractivity contribution is 6.04. The van der Waals surface area contributed by atoms with Gasteiger partial charge in [-0.2, -0.15) is 0 Å². The van der Waals surface area contributed by atoms with Crippen LogP contribution in [0.2, 0.25) is 0 Å². The number of fused-ring (bicyclic) bond motifs is 3. The number of nitrogens with one attached hydrogen (secondary N) is 2. The standard InChI is InChI=1S/C29H27N3O5/c1-2-36-28(34)21-13-7-9-15-24(21)31-27(33)26-16-22-20-12-6-8-14-23(20)30-25(22)17-32(26)29(35)37-18-19-10-4-3-5-11-19/h3-15,26,30H,2,16-18H2,1H3,(H,31,33)/t26-/m0/s1. The quantitative estimate of drug-likeness (QED) is 0.363. The summed E-state index contributed by atoms with van der Waals surface area (Å²) in [6.45, 7) is 2.22. The van der Waals surface area contributed by atoms with Gasteiger partial charge in [0.25, 0.3) is 0 Å². The topological polar surface area (TPSA) is 101 Å². The van der Waals surface area contributed by atoms with Crippen LogP contribution in [0.15, 0.2) is 78.9 Å². The molecule has 0 aliphatic carbocycles. The summed E-state index contributed by atoms with van der Waals surface area (Å²) in [5.41, 5.74) is 4.23. The molecule has 1 aliphatic rings. The zero-order chi connectivity index (χ0) is 25.8. The Hall–Kier alpha value is -4.59. The lowest BCUT2D eigenvalue weighted by atomic mass is 9.96. The Morgan fingerprint density at radius 3 is 2.49 bits per heavy atom. The van der Waals surface area contributed by atoms with Crippen LogP contribution in [0.5, 0.6) is 0 Å². The van der Waals surface area contributed by atoms with Gasteiger partial charge in [0.1, 0.15) is 12.6 Å². The van der Waals surface area contributed by atoms with E-state index in [1.165, 1.54) is 4.90 Å². The van der Waals surface area contributed by atoms with Crippen molar-refractivity contribution in [2.24, 2.45) is 0 Å². The van der Waals surface area contributed by atoms with E-state index in [0.717, 1.165) is 27.7 Å². The Balaban J connectivity index is 1.43. The Morgan fingerprint density at radius 1 is 0.946 bits per heavy atom. The summed E-state index contributed by atoms with van der Waals surface area (Å²) in [4.78, 5) is 44.1. The number of hydrogen-bond acceptors (Lipinski definition) is 5. The number of aromatic amines is 1. The van der Waals surface area contributed by atoms with Crippen molar-refractivity contribution < 1.29 is 23.9 Å². The average Bonchev–Trinajstić information content (AvgIpc) is 3.29. The summed E-state index contributed by atoms with van der Waals surface area (Å²) < 4.78 is 10.7. The number of carbonyl (C=O) groups excluding carboxylic acids is 3. The average molecular weight is 498 g/mol.